The maximum Gasteiger partial charge on any atom is 4.00 e. The first-order chi connectivity index (χ1) is 10.7. The summed E-state index contributed by atoms with van der Waals surface area (Å²) >= 11 is 0. The zero-order valence-corrected chi connectivity index (χ0v) is 21.4. The second kappa shape index (κ2) is 20.0. The molecule has 1 atom stereocenters. The van der Waals surface area contributed by atoms with Crippen molar-refractivity contribution in [2.45, 2.75) is 70.3 Å². The third-order valence-corrected chi connectivity index (χ3v) is 7.63. The minimum absolute atomic E-state index is 0. The molecule has 0 aromatic heterocycles. The van der Waals surface area contributed by atoms with E-state index in [2.05, 4.69) is 25.2 Å². The van der Waals surface area contributed by atoms with E-state index in [9.17, 15) is 0 Å². The van der Waals surface area contributed by atoms with E-state index < -0.39 is 8.80 Å². The third-order valence-electron chi connectivity index (χ3n) is 4.47. The molecule has 0 fully saturated rings. The van der Waals surface area contributed by atoms with Crippen molar-refractivity contribution >= 4 is 8.80 Å². The summed E-state index contributed by atoms with van der Waals surface area (Å²) in [6, 6.07) is 0. The van der Waals surface area contributed by atoms with Gasteiger partial charge in [-0.15, -0.1) is 6.42 Å². The van der Waals surface area contributed by atoms with Crippen molar-refractivity contribution in [2.75, 3.05) is 21.3 Å². The predicted octanol–water partition coefficient (Wildman–Crippen LogP) is 6.41. The Morgan fingerprint density at radius 1 is 0.923 bits per heavy atom. The van der Waals surface area contributed by atoms with Gasteiger partial charge < -0.3 is 35.6 Å². The van der Waals surface area contributed by atoms with Crippen molar-refractivity contribution in [1.29, 1.82) is 0 Å². The van der Waals surface area contributed by atoms with E-state index in [-0.39, 0.29) is 48.9 Å². The zero-order chi connectivity index (χ0) is 16.3. The number of allylic oxidation sites excluding steroid dienone is 4. The van der Waals surface area contributed by atoms with E-state index in [1.165, 1.54) is 50.5 Å². The van der Waals surface area contributed by atoms with E-state index in [1.807, 2.05) is 0 Å². The molecule has 158 valence electrons. The van der Waals surface area contributed by atoms with Gasteiger partial charge in [0.1, 0.15) is 0 Å². The first-order valence-corrected chi connectivity index (χ1v) is 10.5. The van der Waals surface area contributed by atoms with Gasteiger partial charge in [0.25, 0.3) is 0 Å². The maximum absolute atomic E-state index is 5.72. The first-order valence-electron chi connectivity index (χ1n) is 8.66. The Morgan fingerprint density at radius 2 is 1.42 bits per heavy atom. The maximum atomic E-state index is 5.72. The summed E-state index contributed by atoms with van der Waals surface area (Å²) in [5.41, 5.74) is 1.42. The van der Waals surface area contributed by atoms with Crippen LogP contribution in [0.5, 0.6) is 0 Å². The van der Waals surface area contributed by atoms with Crippen molar-refractivity contribution in [2.24, 2.45) is 0 Å². The normalized spacial score (nSPS) is 13.6. The second-order valence-corrected chi connectivity index (χ2v) is 9.05. The first kappa shape index (κ1) is 33.8. The van der Waals surface area contributed by atoms with Crippen LogP contribution in [0, 0.1) is 28.4 Å². The average Bonchev–Trinajstić information content (AvgIpc) is 3.08. The Morgan fingerprint density at radius 3 is 1.85 bits per heavy atom. The van der Waals surface area contributed by atoms with Crippen LogP contribution in [0.15, 0.2) is 17.7 Å². The Bertz CT molecular complexity index is 347. The fourth-order valence-electron chi connectivity index (χ4n) is 3.17. The van der Waals surface area contributed by atoms with Gasteiger partial charge >= 0.3 is 29.9 Å². The van der Waals surface area contributed by atoms with Gasteiger partial charge in [0.15, 0.2) is 0 Å². The molecule has 1 rings (SSSR count). The second-order valence-electron chi connectivity index (χ2n) is 5.92. The molecule has 0 aromatic carbocycles. The molecule has 0 saturated carbocycles. The summed E-state index contributed by atoms with van der Waals surface area (Å²) < 4.78 is 17.2. The molecule has 0 radical (unpaired) electrons. The van der Waals surface area contributed by atoms with Crippen molar-refractivity contribution in [1.82, 2.24) is 0 Å². The Hall–Kier alpha value is 0.265. The van der Waals surface area contributed by atoms with Gasteiger partial charge in [-0.2, -0.15) is 6.08 Å². The molecule has 0 bridgehead atoms. The quantitative estimate of drug-likeness (QED) is 0.147. The van der Waals surface area contributed by atoms with E-state index in [0.29, 0.717) is 0 Å². The largest absolute Gasteiger partial charge is 4.00 e. The van der Waals surface area contributed by atoms with Crippen LogP contribution in [-0.2, 0) is 34.3 Å². The zero-order valence-electron chi connectivity index (χ0n) is 18.1. The molecule has 1 unspecified atom stereocenters. The van der Waals surface area contributed by atoms with Crippen LogP contribution >= 0.6 is 0 Å². The molecule has 0 aromatic rings. The smallest absolute Gasteiger partial charge is 0.377 e. The molecule has 0 saturated heterocycles. The number of rotatable bonds is 13. The van der Waals surface area contributed by atoms with Crippen LogP contribution in [0.1, 0.15) is 64.7 Å². The summed E-state index contributed by atoms with van der Waals surface area (Å²) in [6.07, 6.45) is 18.9. The van der Waals surface area contributed by atoms with Gasteiger partial charge in [0.2, 0.25) is 0 Å². The van der Waals surface area contributed by atoms with E-state index in [4.69, 9.17) is 13.3 Å². The molecular weight excluding hydrogens is 523 g/mol. The molecule has 0 aliphatic heterocycles. The predicted molar refractivity (Wildman–Crippen MR) is 113 cm³/mol. The van der Waals surface area contributed by atoms with Crippen molar-refractivity contribution in [3.05, 3.63) is 46.1 Å². The Balaban J connectivity index is -0.000000605. The van der Waals surface area contributed by atoms with Crippen LogP contribution < -0.4 is 0 Å². The molecule has 26 heavy (non-hydrogen) atoms. The molecule has 0 N–H and O–H groups in total. The van der Waals surface area contributed by atoms with Gasteiger partial charge in [-0.25, -0.2) is 11.6 Å². The van der Waals surface area contributed by atoms with Crippen molar-refractivity contribution in [3.8, 4) is 0 Å². The van der Waals surface area contributed by atoms with Crippen LogP contribution in [0.4, 0.5) is 0 Å². The van der Waals surface area contributed by atoms with Gasteiger partial charge in [-0.3, -0.25) is 6.08 Å². The fourth-order valence-corrected chi connectivity index (χ4v) is 5.66. The van der Waals surface area contributed by atoms with Crippen molar-refractivity contribution < 1.29 is 34.3 Å². The molecule has 0 spiro atoms. The average molecular weight is 566 g/mol. The Labute approximate surface area is 180 Å². The summed E-state index contributed by atoms with van der Waals surface area (Å²) in [4.78, 5) is 0. The fraction of sp³-hybridized carbons (Fsp3) is 0.667. The van der Waals surface area contributed by atoms with E-state index >= 15 is 0 Å². The Kier molecular flexibility index (Phi) is 26.0. The summed E-state index contributed by atoms with van der Waals surface area (Å²) in [5.74, 6) is 0. The van der Waals surface area contributed by atoms with Crippen molar-refractivity contribution in [3.63, 3.8) is 0 Å². The standard InChI is InChI=1S/C18H33O3Si.3CH3.Pt/c1-5-6-7-8-9-10-11-16-18(17-14-12-13-15-17)22(19-2,20-3)21-4;;;;/h12,14,18H,5-11,13,16H2,1-4H3;3*1H3;/q4*-1;+4. The summed E-state index contributed by atoms with van der Waals surface area (Å²) in [6.45, 7) is 2.26. The topological polar surface area (TPSA) is 27.7 Å². The van der Waals surface area contributed by atoms with Crippen LogP contribution in [0.3, 0.4) is 0 Å². The monoisotopic (exact) mass is 565 g/mol. The molecule has 1 aliphatic carbocycles. The molecule has 1 aliphatic rings. The molecule has 5 heteroatoms. The van der Waals surface area contributed by atoms with Crippen LogP contribution in [-0.4, -0.2) is 30.1 Å². The molecule has 0 amide bonds. The minimum atomic E-state index is -2.64. The van der Waals surface area contributed by atoms with Gasteiger partial charge in [-0.1, -0.05) is 51.9 Å². The summed E-state index contributed by atoms with van der Waals surface area (Å²) in [5, 5.41) is 0. The number of hydrogen-bond donors (Lipinski definition) is 0. The van der Waals surface area contributed by atoms with Gasteiger partial charge in [0.05, 0.1) is 0 Å². The van der Waals surface area contributed by atoms with Gasteiger partial charge in [-0.05, 0) is 6.42 Å². The van der Waals surface area contributed by atoms with Crippen LogP contribution in [0.25, 0.3) is 0 Å². The SMILES string of the molecule is CCCCCCCCCC(C1=[C-]CC=C1)[Si](OC)(OC)OC.[CH3-].[CH3-].[CH3-].[Pt+4]. The van der Waals surface area contributed by atoms with E-state index in [0.717, 1.165) is 12.8 Å². The molecule has 3 nitrogen and oxygen atoms in total. The summed E-state index contributed by atoms with van der Waals surface area (Å²) in [7, 11) is 2.47. The number of hydrogen-bond acceptors (Lipinski definition) is 3. The third kappa shape index (κ3) is 10.6. The number of unbranched alkanes of at least 4 members (excludes halogenated alkanes) is 6. The van der Waals surface area contributed by atoms with Crippen LogP contribution in [0.2, 0.25) is 5.54 Å². The minimum Gasteiger partial charge on any atom is -0.377 e. The molecule has 0 heterocycles. The van der Waals surface area contributed by atoms with Gasteiger partial charge in [0, 0.05) is 26.9 Å². The molecular formula is C21H42O3PtSi. The van der Waals surface area contributed by atoms with E-state index in [1.54, 1.807) is 21.3 Å².